The molecule has 162 valence electrons. The molecule has 0 spiro atoms. The molecule has 0 atom stereocenters. The van der Waals surface area contributed by atoms with E-state index < -0.39 is 27.2 Å². The first kappa shape index (κ1) is 22.0. The molecule has 0 amide bonds. The third kappa shape index (κ3) is 4.39. The van der Waals surface area contributed by atoms with Gasteiger partial charge in [-0.2, -0.15) is 4.31 Å². The van der Waals surface area contributed by atoms with Crippen molar-refractivity contribution >= 4 is 16.0 Å². The van der Waals surface area contributed by atoms with Crippen LogP contribution in [0, 0.1) is 5.92 Å². The van der Waals surface area contributed by atoms with Gasteiger partial charge in [-0.3, -0.25) is 13.9 Å². The summed E-state index contributed by atoms with van der Waals surface area (Å²) in [6.45, 7) is 2.83. The fraction of sp³-hybridized carbons (Fsp3) is 0.450. The number of piperidine rings is 1. The topological polar surface area (TPSA) is 108 Å². The molecule has 1 fully saturated rings. The molecule has 0 bridgehead atoms. The van der Waals surface area contributed by atoms with E-state index in [1.165, 1.54) is 53.3 Å². The van der Waals surface area contributed by atoms with E-state index in [9.17, 15) is 22.8 Å². The lowest BCUT2D eigenvalue weighted by atomic mass is 10.0. The number of carbonyl (C=O) groups excluding carboxylic acids is 1. The zero-order chi connectivity index (χ0) is 22.1. The number of esters is 1. The van der Waals surface area contributed by atoms with Gasteiger partial charge < -0.3 is 4.74 Å². The summed E-state index contributed by atoms with van der Waals surface area (Å²) >= 11 is 0. The summed E-state index contributed by atoms with van der Waals surface area (Å²) in [6.07, 6.45) is 1.66. The van der Waals surface area contributed by atoms with Crippen molar-refractivity contribution in [1.82, 2.24) is 13.4 Å². The Morgan fingerprint density at radius 1 is 1.07 bits per heavy atom. The van der Waals surface area contributed by atoms with Gasteiger partial charge in [-0.15, -0.1) is 0 Å². The maximum atomic E-state index is 12.8. The quantitative estimate of drug-likeness (QED) is 0.645. The van der Waals surface area contributed by atoms with Crippen molar-refractivity contribution in [1.29, 1.82) is 0 Å². The largest absolute Gasteiger partial charge is 0.456 e. The van der Waals surface area contributed by atoms with Gasteiger partial charge >= 0.3 is 11.7 Å². The van der Waals surface area contributed by atoms with E-state index in [4.69, 9.17) is 4.74 Å². The molecule has 30 heavy (non-hydrogen) atoms. The van der Waals surface area contributed by atoms with Crippen LogP contribution in [-0.4, -0.2) is 40.9 Å². The Morgan fingerprint density at radius 3 is 2.27 bits per heavy atom. The van der Waals surface area contributed by atoms with Crippen molar-refractivity contribution in [2.24, 2.45) is 20.0 Å². The average molecular weight is 436 g/mol. The Hall–Kier alpha value is -2.72. The molecule has 2 heterocycles. The summed E-state index contributed by atoms with van der Waals surface area (Å²) < 4.78 is 34.4. The fourth-order valence-electron chi connectivity index (χ4n) is 3.28. The molecule has 1 aromatic heterocycles. The maximum absolute atomic E-state index is 12.8. The molecule has 0 N–H and O–H groups in total. The molecule has 0 aliphatic carbocycles. The molecule has 2 aromatic rings. The molecule has 1 aromatic carbocycles. The SMILES string of the molecule is CC1CCN(S(=O)(=O)c2ccc(C(=O)OCc3cc(=O)n(C)c(=O)n3C)cc2)CC1. The number of hydrogen-bond donors (Lipinski definition) is 0. The molecule has 1 saturated heterocycles. The van der Waals surface area contributed by atoms with Crippen molar-refractivity contribution in [3.8, 4) is 0 Å². The summed E-state index contributed by atoms with van der Waals surface area (Å²) in [6, 6.07) is 6.79. The zero-order valence-corrected chi connectivity index (χ0v) is 18.0. The third-order valence-electron chi connectivity index (χ3n) is 5.45. The molecule has 9 nitrogen and oxygen atoms in total. The minimum atomic E-state index is -3.60. The molecule has 0 saturated carbocycles. The van der Waals surface area contributed by atoms with Crippen molar-refractivity contribution < 1.29 is 17.9 Å². The lowest BCUT2D eigenvalue weighted by Gasteiger charge is -2.29. The van der Waals surface area contributed by atoms with Crippen LogP contribution in [0.5, 0.6) is 0 Å². The van der Waals surface area contributed by atoms with Crippen molar-refractivity contribution in [3.63, 3.8) is 0 Å². The summed E-state index contributed by atoms with van der Waals surface area (Å²) in [5.41, 5.74) is -0.578. The first-order chi connectivity index (χ1) is 14.1. The predicted octanol–water partition coefficient (Wildman–Crippen LogP) is 0.862. The molecule has 0 unspecified atom stereocenters. The van der Waals surface area contributed by atoms with Crippen molar-refractivity contribution in [2.75, 3.05) is 13.1 Å². The Balaban J connectivity index is 1.70. The number of aromatic nitrogens is 2. The van der Waals surface area contributed by atoms with E-state index in [0.29, 0.717) is 19.0 Å². The fourth-order valence-corrected chi connectivity index (χ4v) is 4.75. The van der Waals surface area contributed by atoms with Crippen LogP contribution in [-0.2, 0) is 35.5 Å². The van der Waals surface area contributed by atoms with Gasteiger partial charge in [-0.05, 0) is 43.0 Å². The van der Waals surface area contributed by atoms with Gasteiger partial charge in [0.25, 0.3) is 5.56 Å². The van der Waals surface area contributed by atoms with E-state index in [1.54, 1.807) is 0 Å². The highest BCUT2D eigenvalue weighted by Crippen LogP contribution is 2.23. The lowest BCUT2D eigenvalue weighted by molar-refractivity contribution is 0.0462. The van der Waals surface area contributed by atoms with Crippen LogP contribution in [0.25, 0.3) is 0 Å². The van der Waals surface area contributed by atoms with Gasteiger partial charge in [-0.1, -0.05) is 6.92 Å². The summed E-state index contributed by atoms with van der Waals surface area (Å²) in [5.74, 6) is -0.170. The predicted molar refractivity (Wildman–Crippen MR) is 110 cm³/mol. The first-order valence-corrected chi connectivity index (χ1v) is 11.1. The number of ether oxygens (including phenoxy) is 1. The normalized spacial score (nSPS) is 15.8. The van der Waals surface area contributed by atoms with Crippen LogP contribution in [0.15, 0.2) is 44.8 Å². The van der Waals surface area contributed by atoms with Gasteiger partial charge in [0.05, 0.1) is 16.2 Å². The number of benzene rings is 1. The van der Waals surface area contributed by atoms with Crippen LogP contribution in [0.2, 0.25) is 0 Å². The molecule has 0 radical (unpaired) electrons. The van der Waals surface area contributed by atoms with E-state index >= 15 is 0 Å². The molecular weight excluding hydrogens is 410 g/mol. The highest BCUT2D eigenvalue weighted by Gasteiger charge is 2.28. The molecule has 1 aliphatic heterocycles. The van der Waals surface area contributed by atoms with Gasteiger partial charge in [0, 0.05) is 33.3 Å². The lowest BCUT2D eigenvalue weighted by Crippen LogP contribution is -2.38. The summed E-state index contributed by atoms with van der Waals surface area (Å²) in [7, 11) is -0.757. The first-order valence-electron chi connectivity index (χ1n) is 9.64. The summed E-state index contributed by atoms with van der Waals surface area (Å²) in [4.78, 5) is 36.1. The second-order valence-electron chi connectivity index (χ2n) is 7.56. The van der Waals surface area contributed by atoms with Crippen LogP contribution in [0.3, 0.4) is 0 Å². The van der Waals surface area contributed by atoms with Crippen LogP contribution < -0.4 is 11.2 Å². The van der Waals surface area contributed by atoms with E-state index in [0.717, 1.165) is 17.4 Å². The molecule has 1 aliphatic rings. The van der Waals surface area contributed by atoms with E-state index in [2.05, 4.69) is 6.92 Å². The van der Waals surface area contributed by atoms with Gasteiger partial charge in [0.2, 0.25) is 10.0 Å². The smallest absolute Gasteiger partial charge is 0.338 e. The second-order valence-corrected chi connectivity index (χ2v) is 9.50. The Morgan fingerprint density at radius 2 is 1.67 bits per heavy atom. The minimum absolute atomic E-state index is 0.127. The van der Waals surface area contributed by atoms with Crippen molar-refractivity contribution in [3.05, 3.63) is 62.4 Å². The Labute approximate surface area is 174 Å². The minimum Gasteiger partial charge on any atom is -0.456 e. The van der Waals surface area contributed by atoms with Gasteiger partial charge in [0.15, 0.2) is 0 Å². The number of sulfonamides is 1. The Kier molecular flexibility index (Phi) is 6.27. The number of hydrogen-bond acceptors (Lipinski definition) is 6. The van der Waals surface area contributed by atoms with Gasteiger partial charge in [-0.25, -0.2) is 18.0 Å². The van der Waals surface area contributed by atoms with E-state index in [-0.39, 0.29) is 22.8 Å². The third-order valence-corrected chi connectivity index (χ3v) is 7.36. The average Bonchev–Trinajstić information content (AvgIpc) is 2.74. The molecule has 3 rings (SSSR count). The monoisotopic (exact) mass is 435 g/mol. The van der Waals surface area contributed by atoms with Crippen LogP contribution >= 0.6 is 0 Å². The highest BCUT2D eigenvalue weighted by molar-refractivity contribution is 7.89. The highest BCUT2D eigenvalue weighted by atomic mass is 32.2. The zero-order valence-electron chi connectivity index (χ0n) is 17.2. The number of carbonyl (C=O) groups is 1. The second kappa shape index (κ2) is 8.57. The standard InChI is InChI=1S/C20H25N3O6S/c1-14-8-10-23(11-9-14)30(27,28)17-6-4-15(5-7-17)19(25)29-13-16-12-18(24)22(3)20(26)21(16)2/h4-7,12,14H,8-11,13H2,1-3H3. The Bertz CT molecular complexity index is 1160. The maximum Gasteiger partial charge on any atom is 0.338 e. The van der Waals surface area contributed by atoms with Crippen molar-refractivity contribution in [2.45, 2.75) is 31.3 Å². The van der Waals surface area contributed by atoms with E-state index in [1.807, 2.05) is 0 Å². The molecule has 10 heteroatoms. The number of rotatable bonds is 5. The van der Waals surface area contributed by atoms with Gasteiger partial charge in [0.1, 0.15) is 6.61 Å². The van der Waals surface area contributed by atoms with Crippen LogP contribution in [0.1, 0.15) is 35.8 Å². The number of nitrogens with zero attached hydrogens (tertiary/aromatic N) is 3. The molecular formula is C20H25N3O6S. The summed E-state index contributed by atoms with van der Waals surface area (Å²) in [5, 5.41) is 0. The van der Waals surface area contributed by atoms with Crippen LogP contribution in [0.4, 0.5) is 0 Å².